The van der Waals surface area contributed by atoms with Crippen LogP contribution in [0.15, 0.2) is 0 Å². The molecule has 5 nitrogen and oxygen atoms in total. The molecule has 0 aromatic heterocycles. The van der Waals surface area contributed by atoms with Crippen molar-refractivity contribution >= 4 is 23.6 Å². The van der Waals surface area contributed by atoms with Crippen molar-refractivity contribution in [3.05, 3.63) is 0 Å². The molecule has 1 saturated heterocycles. The highest BCUT2D eigenvalue weighted by Crippen LogP contribution is 2.42. The van der Waals surface area contributed by atoms with Gasteiger partial charge in [0.25, 0.3) is 0 Å². The van der Waals surface area contributed by atoms with E-state index in [4.69, 9.17) is 5.73 Å². The van der Waals surface area contributed by atoms with Gasteiger partial charge in [-0.2, -0.15) is 0 Å². The first-order chi connectivity index (χ1) is 8.76. The maximum Gasteiger partial charge on any atom is 0.327 e. The molecule has 108 valence electrons. The first-order valence-electron chi connectivity index (χ1n) is 6.73. The number of carbonyl (C=O) groups is 2. The fourth-order valence-electron chi connectivity index (χ4n) is 2.62. The van der Waals surface area contributed by atoms with Crippen LogP contribution in [0.3, 0.4) is 0 Å². The summed E-state index contributed by atoms with van der Waals surface area (Å²) in [4.78, 5) is 25.6. The number of thioether (sulfide) groups is 1. The first kappa shape index (κ1) is 14.7. The lowest BCUT2D eigenvalue weighted by molar-refractivity contribution is -0.152. The molecule has 0 bridgehead atoms. The number of rotatable bonds is 4. The molecule has 0 aromatic carbocycles. The van der Waals surface area contributed by atoms with Gasteiger partial charge in [-0.05, 0) is 31.6 Å². The van der Waals surface area contributed by atoms with E-state index in [-0.39, 0.29) is 23.1 Å². The van der Waals surface area contributed by atoms with Crippen LogP contribution in [0.25, 0.3) is 0 Å². The van der Waals surface area contributed by atoms with Gasteiger partial charge in [0, 0.05) is 5.75 Å². The van der Waals surface area contributed by atoms with Crippen LogP contribution in [0.2, 0.25) is 0 Å². The predicted molar refractivity (Wildman–Crippen MR) is 74.7 cm³/mol. The van der Waals surface area contributed by atoms with Gasteiger partial charge in [0.05, 0.1) is 10.9 Å². The van der Waals surface area contributed by atoms with Crippen LogP contribution >= 0.6 is 11.8 Å². The summed E-state index contributed by atoms with van der Waals surface area (Å²) in [6.45, 7) is 5.76. The highest BCUT2D eigenvalue weighted by Gasteiger charge is 2.52. The second-order valence-corrected chi connectivity index (χ2v) is 7.24. The summed E-state index contributed by atoms with van der Waals surface area (Å²) in [5.74, 6) is -0.271. The first-order valence-corrected chi connectivity index (χ1v) is 7.77. The summed E-state index contributed by atoms with van der Waals surface area (Å²) < 4.78 is 0. The molecule has 3 unspecified atom stereocenters. The third-order valence-corrected chi connectivity index (χ3v) is 5.63. The van der Waals surface area contributed by atoms with Crippen LogP contribution in [-0.2, 0) is 9.59 Å². The number of hydrogen-bond donors (Lipinski definition) is 2. The monoisotopic (exact) mass is 286 g/mol. The average Bonchev–Trinajstić information content (AvgIpc) is 3.06. The Morgan fingerprint density at radius 1 is 1.42 bits per heavy atom. The van der Waals surface area contributed by atoms with Gasteiger partial charge in [0.2, 0.25) is 5.91 Å². The van der Waals surface area contributed by atoms with E-state index in [9.17, 15) is 14.7 Å². The van der Waals surface area contributed by atoms with Gasteiger partial charge in [-0.3, -0.25) is 4.79 Å². The lowest BCUT2D eigenvalue weighted by atomic mass is 9.94. The summed E-state index contributed by atoms with van der Waals surface area (Å²) in [7, 11) is 0. The standard InChI is InChI=1S/C13H22N2O3S/c1-7(2)10-15(9(6-19-10)11(16)17)12(18)13(3,14)8-4-5-8/h7-10H,4-6,14H2,1-3H3,(H,16,17). The van der Waals surface area contributed by atoms with Crippen molar-refractivity contribution in [3.8, 4) is 0 Å². The molecule has 3 N–H and O–H groups in total. The minimum Gasteiger partial charge on any atom is -0.480 e. The van der Waals surface area contributed by atoms with E-state index in [2.05, 4.69) is 0 Å². The van der Waals surface area contributed by atoms with Gasteiger partial charge in [0.15, 0.2) is 0 Å². The molecule has 2 rings (SSSR count). The molecule has 2 fully saturated rings. The number of hydrogen-bond acceptors (Lipinski definition) is 4. The summed E-state index contributed by atoms with van der Waals surface area (Å²) in [6, 6.07) is -0.744. The quantitative estimate of drug-likeness (QED) is 0.809. The van der Waals surface area contributed by atoms with Crippen LogP contribution < -0.4 is 5.73 Å². The molecule has 2 aliphatic rings. The largest absolute Gasteiger partial charge is 0.480 e. The summed E-state index contributed by atoms with van der Waals surface area (Å²) in [5.41, 5.74) is 5.25. The van der Waals surface area contributed by atoms with E-state index in [0.29, 0.717) is 5.75 Å². The minimum atomic E-state index is -0.935. The predicted octanol–water partition coefficient (Wildman–Crippen LogP) is 1.12. The zero-order valence-electron chi connectivity index (χ0n) is 11.6. The molecule has 0 radical (unpaired) electrons. The zero-order valence-corrected chi connectivity index (χ0v) is 12.4. The number of carboxylic acids is 1. The fourth-order valence-corrected chi connectivity index (χ4v) is 4.10. The molecule has 1 aliphatic heterocycles. The average molecular weight is 286 g/mol. The van der Waals surface area contributed by atoms with Crippen LogP contribution in [0, 0.1) is 11.8 Å². The Balaban J connectivity index is 2.25. The molecule has 3 atom stereocenters. The maximum absolute atomic E-state index is 12.7. The summed E-state index contributed by atoms with van der Waals surface area (Å²) in [6.07, 6.45) is 1.92. The van der Waals surface area contributed by atoms with Crippen LogP contribution in [0.4, 0.5) is 0 Å². The molecule has 19 heavy (non-hydrogen) atoms. The summed E-state index contributed by atoms with van der Waals surface area (Å²) >= 11 is 1.54. The number of nitrogens with two attached hydrogens (primary N) is 1. The Bertz CT molecular complexity index is 393. The molecule has 0 aromatic rings. The molecule has 1 amide bonds. The summed E-state index contributed by atoms with van der Waals surface area (Å²) in [5, 5.41) is 9.22. The Hall–Kier alpha value is -0.750. The second-order valence-electron chi connectivity index (χ2n) is 6.09. The molecular weight excluding hydrogens is 264 g/mol. The molecule has 1 aliphatic carbocycles. The van der Waals surface area contributed by atoms with E-state index >= 15 is 0 Å². The van der Waals surface area contributed by atoms with Gasteiger partial charge < -0.3 is 15.7 Å². The van der Waals surface area contributed by atoms with Crippen molar-refractivity contribution in [1.82, 2.24) is 4.90 Å². The van der Waals surface area contributed by atoms with Crippen molar-refractivity contribution in [2.75, 3.05) is 5.75 Å². The van der Waals surface area contributed by atoms with E-state index in [0.717, 1.165) is 12.8 Å². The van der Waals surface area contributed by atoms with Gasteiger partial charge in [-0.25, -0.2) is 4.79 Å². The third-order valence-electron chi connectivity index (χ3n) is 4.01. The zero-order chi connectivity index (χ0) is 14.4. The molecule has 0 spiro atoms. The normalized spacial score (nSPS) is 30.5. The lowest BCUT2D eigenvalue weighted by Gasteiger charge is -2.36. The second kappa shape index (κ2) is 4.98. The van der Waals surface area contributed by atoms with Crippen LogP contribution in [-0.4, -0.2) is 44.6 Å². The van der Waals surface area contributed by atoms with Gasteiger partial charge in [-0.1, -0.05) is 13.8 Å². The van der Waals surface area contributed by atoms with Crippen LogP contribution in [0.1, 0.15) is 33.6 Å². The van der Waals surface area contributed by atoms with Crippen LogP contribution in [0.5, 0.6) is 0 Å². The van der Waals surface area contributed by atoms with Gasteiger partial charge in [-0.15, -0.1) is 11.8 Å². The van der Waals surface area contributed by atoms with Crippen molar-refractivity contribution in [2.45, 2.75) is 50.6 Å². The SMILES string of the molecule is CC(C)C1SCC(C(=O)O)N1C(=O)C(C)(N)C1CC1. The molecule has 1 heterocycles. The Labute approximate surface area is 117 Å². The van der Waals surface area contributed by atoms with Crippen molar-refractivity contribution in [2.24, 2.45) is 17.6 Å². The van der Waals surface area contributed by atoms with E-state index in [1.165, 1.54) is 4.90 Å². The molecule has 6 heteroatoms. The smallest absolute Gasteiger partial charge is 0.327 e. The molecular formula is C13H22N2O3S. The maximum atomic E-state index is 12.7. The van der Waals surface area contributed by atoms with Crippen molar-refractivity contribution in [3.63, 3.8) is 0 Å². The number of carbonyl (C=O) groups excluding carboxylic acids is 1. The van der Waals surface area contributed by atoms with Gasteiger partial charge in [0.1, 0.15) is 6.04 Å². The van der Waals surface area contributed by atoms with E-state index in [1.807, 2.05) is 13.8 Å². The number of amides is 1. The van der Waals surface area contributed by atoms with E-state index in [1.54, 1.807) is 18.7 Å². The Morgan fingerprint density at radius 3 is 2.42 bits per heavy atom. The third kappa shape index (κ3) is 2.60. The number of nitrogens with zero attached hydrogens (tertiary/aromatic N) is 1. The fraction of sp³-hybridized carbons (Fsp3) is 0.846. The number of carboxylic acid groups (broad SMARTS) is 1. The molecule has 1 saturated carbocycles. The van der Waals surface area contributed by atoms with Crippen molar-refractivity contribution in [1.29, 1.82) is 0 Å². The van der Waals surface area contributed by atoms with Gasteiger partial charge >= 0.3 is 5.97 Å². The van der Waals surface area contributed by atoms with Crippen molar-refractivity contribution < 1.29 is 14.7 Å². The topological polar surface area (TPSA) is 83.6 Å². The lowest BCUT2D eigenvalue weighted by Crippen LogP contribution is -2.60. The minimum absolute atomic E-state index is 0.0878. The Morgan fingerprint density at radius 2 is 2.00 bits per heavy atom. The highest BCUT2D eigenvalue weighted by atomic mass is 32.2. The van der Waals surface area contributed by atoms with E-state index < -0.39 is 17.6 Å². The Kier molecular flexibility index (Phi) is 3.84. The highest BCUT2D eigenvalue weighted by molar-refractivity contribution is 8.00. The number of aliphatic carboxylic acids is 1.